The number of rotatable bonds is 5. The highest BCUT2D eigenvalue weighted by Crippen LogP contribution is 2.38. The second-order valence-corrected chi connectivity index (χ2v) is 4.57. The van der Waals surface area contributed by atoms with E-state index in [1.54, 1.807) is 25.3 Å². The van der Waals surface area contributed by atoms with E-state index in [4.69, 9.17) is 9.47 Å². The summed E-state index contributed by atoms with van der Waals surface area (Å²) in [5.41, 5.74) is 0.649. The molecule has 0 spiro atoms. The third-order valence-electron chi connectivity index (χ3n) is 3.47. The molecule has 5 nitrogen and oxygen atoms in total. The second-order valence-electron chi connectivity index (χ2n) is 4.57. The molecule has 1 saturated heterocycles. The maximum Gasteiger partial charge on any atom is 0.325 e. The molecule has 1 aliphatic heterocycles. The predicted molar refractivity (Wildman–Crippen MR) is 70.7 cm³/mol. The minimum atomic E-state index is -0.853. The van der Waals surface area contributed by atoms with E-state index in [2.05, 4.69) is 0 Å². The maximum atomic E-state index is 11.6. The number of hydrogen-bond donors (Lipinski definition) is 1. The first-order valence-electron chi connectivity index (χ1n) is 6.36. The van der Waals surface area contributed by atoms with E-state index < -0.39 is 12.0 Å². The maximum absolute atomic E-state index is 11.6. The van der Waals surface area contributed by atoms with Gasteiger partial charge in [-0.3, -0.25) is 9.69 Å². The molecule has 104 valence electrons. The van der Waals surface area contributed by atoms with Gasteiger partial charge in [-0.2, -0.15) is 0 Å². The quantitative estimate of drug-likeness (QED) is 0.881. The van der Waals surface area contributed by atoms with Gasteiger partial charge in [0.05, 0.1) is 14.2 Å². The van der Waals surface area contributed by atoms with Crippen LogP contribution in [-0.4, -0.2) is 43.3 Å². The monoisotopic (exact) mass is 265 g/mol. The summed E-state index contributed by atoms with van der Waals surface area (Å²) in [6.07, 6.45) is 2.08. The molecule has 0 aromatic heterocycles. The molecule has 0 aliphatic carbocycles. The first-order chi connectivity index (χ1) is 9.19. The van der Waals surface area contributed by atoms with E-state index >= 15 is 0 Å². The standard InChI is InChI=1S/C14H19NO4/c1-18-11-7-5-6-10(13(11)19-2)12(14(16)17)15-8-3-4-9-15/h5-7,12H,3-4,8-9H2,1-2H3,(H,16,17)/t12-/m0/s1. The Kier molecular flexibility index (Phi) is 4.27. The Bertz CT molecular complexity index is 455. The van der Waals surface area contributed by atoms with E-state index in [9.17, 15) is 9.90 Å². The number of hydrogen-bond acceptors (Lipinski definition) is 4. The highest BCUT2D eigenvalue weighted by Gasteiger charge is 2.32. The van der Waals surface area contributed by atoms with Crippen molar-refractivity contribution in [3.63, 3.8) is 0 Å². The fraction of sp³-hybridized carbons (Fsp3) is 0.500. The van der Waals surface area contributed by atoms with Crippen molar-refractivity contribution < 1.29 is 19.4 Å². The number of likely N-dealkylation sites (tertiary alicyclic amines) is 1. The average molecular weight is 265 g/mol. The minimum absolute atomic E-state index is 0.504. The Morgan fingerprint density at radius 1 is 1.26 bits per heavy atom. The third kappa shape index (κ3) is 2.66. The molecule has 0 bridgehead atoms. The molecule has 1 fully saturated rings. The van der Waals surface area contributed by atoms with Crippen LogP contribution in [0.5, 0.6) is 11.5 Å². The van der Waals surface area contributed by atoms with Gasteiger partial charge in [0.2, 0.25) is 0 Å². The summed E-state index contributed by atoms with van der Waals surface area (Å²) >= 11 is 0. The van der Waals surface area contributed by atoms with Crippen LogP contribution in [-0.2, 0) is 4.79 Å². The number of nitrogens with zero attached hydrogens (tertiary/aromatic N) is 1. The zero-order valence-electron chi connectivity index (χ0n) is 11.3. The van der Waals surface area contributed by atoms with Gasteiger partial charge in [0.15, 0.2) is 11.5 Å². The van der Waals surface area contributed by atoms with Gasteiger partial charge in [-0.05, 0) is 32.0 Å². The van der Waals surface area contributed by atoms with Crippen LogP contribution in [0.3, 0.4) is 0 Å². The molecule has 2 rings (SSSR count). The number of methoxy groups -OCH3 is 2. The summed E-state index contributed by atoms with van der Waals surface area (Å²) in [7, 11) is 3.08. The molecule has 19 heavy (non-hydrogen) atoms. The van der Waals surface area contributed by atoms with Crippen molar-refractivity contribution in [2.24, 2.45) is 0 Å². The number of carboxylic acids is 1. The molecular formula is C14H19NO4. The van der Waals surface area contributed by atoms with Crippen LogP contribution in [0.4, 0.5) is 0 Å². The lowest BCUT2D eigenvalue weighted by molar-refractivity contribution is -0.143. The summed E-state index contributed by atoms with van der Waals surface area (Å²) in [4.78, 5) is 13.6. The summed E-state index contributed by atoms with van der Waals surface area (Å²) < 4.78 is 10.6. The average Bonchev–Trinajstić information content (AvgIpc) is 2.92. The van der Waals surface area contributed by atoms with Crippen LogP contribution in [0, 0.1) is 0 Å². The number of benzene rings is 1. The van der Waals surface area contributed by atoms with E-state index in [-0.39, 0.29) is 0 Å². The Labute approximate surface area is 112 Å². The smallest absolute Gasteiger partial charge is 0.325 e. The van der Waals surface area contributed by atoms with E-state index in [1.165, 1.54) is 7.11 Å². The van der Waals surface area contributed by atoms with Crippen molar-refractivity contribution in [2.45, 2.75) is 18.9 Å². The lowest BCUT2D eigenvalue weighted by atomic mass is 10.0. The number of carboxylic acid groups (broad SMARTS) is 1. The highest BCUT2D eigenvalue weighted by atomic mass is 16.5. The molecule has 1 aromatic rings. The van der Waals surface area contributed by atoms with E-state index in [1.807, 2.05) is 4.90 Å². The summed E-state index contributed by atoms with van der Waals surface area (Å²) in [5.74, 6) is 0.211. The molecule has 0 saturated carbocycles. The topological polar surface area (TPSA) is 59.0 Å². The lowest BCUT2D eigenvalue weighted by Crippen LogP contribution is -2.32. The molecule has 1 heterocycles. The van der Waals surface area contributed by atoms with Gasteiger partial charge in [0, 0.05) is 5.56 Å². The van der Waals surface area contributed by atoms with E-state index in [0.29, 0.717) is 17.1 Å². The second kappa shape index (κ2) is 5.93. The predicted octanol–water partition coefficient (Wildman–Crippen LogP) is 1.93. The van der Waals surface area contributed by atoms with Crippen LogP contribution >= 0.6 is 0 Å². The van der Waals surface area contributed by atoms with Gasteiger partial charge in [-0.15, -0.1) is 0 Å². The molecule has 1 aromatic carbocycles. The van der Waals surface area contributed by atoms with Crippen molar-refractivity contribution in [3.05, 3.63) is 23.8 Å². The van der Waals surface area contributed by atoms with Gasteiger partial charge in [-0.25, -0.2) is 0 Å². The van der Waals surface area contributed by atoms with Gasteiger partial charge in [0.25, 0.3) is 0 Å². The number of aliphatic carboxylic acids is 1. The Hall–Kier alpha value is -1.75. The Morgan fingerprint density at radius 2 is 1.95 bits per heavy atom. The van der Waals surface area contributed by atoms with Crippen molar-refractivity contribution >= 4 is 5.97 Å². The minimum Gasteiger partial charge on any atom is -0.493 e. The SMILES string of the molecule is COc1cccc([C@@H](C(=O)O)N2CCCC2)c1OC. The zero-order chi connectivity index (χ0) is 13.8. The Morgan fingerprint density at radius 3 is 2.47 bits per heavy atom. The van der Waals surface area contributed by atoms with Crippen LogP contribution in [0.25, 0.3) is 0 Å². The van der Waals surface area contributed by atoms with Crippen molar-refractivity contribution in [1.82, 2.24) is 4.90 Å². The summed E-state index contributed by atoms with van der Waals surface area (Å²) in [5, 5.41) is 9.53. The molecule has 0 amide bonds. The van der Waals surface area contributed by atoms with Gasteiger partial charge >= 0.3 is 5.97 Å². The lowest BCUT2D eigenvalue weighted by Gasteiger charge is -2.26. The highest BCUT2D eigenvalue weighted by molar-refractivity contribution is 5.77. The van der Waals surface area contributed by atoms with Crippen LogP contribution in [0.15, 0.2) is 18.2 Å². The van der Waals surface area contributed by atoms with Gasteiger partial charge < -0.3 is 14.6 Å². The van der Waals surface area contributed by atoms with Crippen molar-refractivity contribution in [3.8, 4) is 11.5 Å². The molecule has 0 radical (unpaired) electrons. The molecule has 1 atom stereocenters. The van der Waals surface area contributed by atoms with Gasteiger partial charge in [-0.1, -0.05) is 12.1 Å². The zero-order valence-corrected chi connectivity index (χ0v) is 11.3. The van der Waals surface area contributed by atoms with Crippen molar-refractivity contribution in [1.29, 1.82) is 0 Å². The fourth-order valence-corrected chi connectivity index (χ4v) is 2.61. The van der Waals surface area contributed by atoms with Crippen molar-refractivity contribution in [2.75, 3.05) is 27.3 Å². The summed E-state index contributed by atoms with van der Waals surface area (Å²) in [6, 6.07) is 4.68. The van der Waals surface area contributed by atoms with Crippen LogP contribution < -0.4 is 9.47 Å². The van der Waals surface area contributed by atoms with Crippen LogP contribution in [0.2, 0.25) is 0 Å². The molecule has 1 aliphatic rings. The summed E-state index contributed by atoms with van der Waals surface area (Å²) in [6.45, 7) is 1.61. The Balaban J connectivity index is 2.43. The van der Waals surface area contributed by atoms with Crippen LogP contribution in [0.1, 0.15) is 24.4 Å². The number of ether oxygens (including phenoxy) is 2. The number of carbonyl (C=O) groups is 1. The first-order valence-corrected chi connectivity index (χ1v) is 6.36. The number of para-hydroxylation sites is 1. The third-order valence-corrected chi connectivity index (χ3v) is 3.47. The largest absolute Gasteiger partial charge is 0.493 e. The van der Waals surface area contributed by atoms with Gasteiger partial charge in [0.1, 0.15) is 6.04 Å². The van der Waals surface area contributed by atoms with E-state index in [0.717, 1.165) is 25.9 Å². The molecular weight excluding hydrogens is 246 g/mol. The molecule has 0 unspecified atom stereocenters. The molecule has 1 N–H and O–H groups in total. The first kappa shape index (κ1) is 13.7. The molecule has 5 heteroatoms. The normalized spacial score (nSPS) is 17.2. The fourth-order valence-electron chi connectivity index (χ4n) is 2.61.